The van der Waals surface area contributed by atoms with Gasteiger partial charge in [-0.2, -0.15) is 0 Å². The third kappa shape index (κ3) is 2.37. The predicted octanol–water partition coefficient (Wildman–Crippen LogP) is 7.11. The summed E-state index contributed by atoms with van der Waals surface area (Å²) in [6, 6.07) is 8.90. The molecular formula is C25H24S. The number of benzene rings is 1. The van der Waals surface area contributed by atoms with E-state index < -0.39 is 0 Å². The van der Waals surface area contributed by atoms with E-state index in [1.54, 1.807) is 5.57 Å². The van der Waals surface area contributed by atoms with E-state index in [1.807, 2.05) is 11.8 Å². The van der Waals surface area contributed by atoms with Gasteiger partial charge in [-0.15, -0.1) is 11.8 Å². The Balaban J connectivity index is 1.40. The van der Waals surface area contributed by atoms with Crippen LogP contribution in [-0.4, -0.2) is 5.25 Å². The smallest absolute Gasteiger partial charge is 0.0530 e. The molecule has 0 aromatic heterocycles. The zero-order chi connectivity index (χ0) is 17.8. The molecule has 2 unspecified atom stereocenters. The molecule has 4 aliphatic rings. The summed E-state index contributed by atoms with van der Waals surface area (Å²) in [7, 11) is 0. The maximum atomic E-state index is 2.51. The van der Waals surface area contributed by atoms with Gasteiger partial charge in [0.15, 0.2) is 0 Å². The SMILES string of the molecule is CC1=Cc2ccccc2C1CCC1=C(C)C=C2C1=CC1SC=CC1=C2C. The molecule has 130 valence electrons. The van der Waals surface area contributed by atoms with Crippen LogP contribution >= 0.6 is 11.8 Å². The van der Waals surface area contributed by atoms with E-state index in [9.17, 15) is 0 Å². The number of hydrogen-bond donors (Lipinski definition) is 0. The van der Waals surface area contributed by atoms with Crippen molar-refractivity contribution in [1.82, 2.24) is 0 Å². The van der Waals surface area contributed by atoms with Gasteiger partial charge in [-0.05, 0) is 83.6 Å². The molecule has 0 saturated carbocycles. The second-order valence-corrected chi connectivity index (χ2v) is 8.90. The summed E-state index contributed by atoms with van der Waals surface area (Å²) >= 11 is 1.94. The average molecular weight is 357 g/mol. The summed E-state index contributed by atoms with van der Waals surface area (Å²) in [5.41, 5.74) is 13.4. The Hall–Kier alpha value is -1.99. The van der Waals surface area contributed by atoms with Crippen molar-refractivity contribution in [3.05, 3.63) is 98.0 Å². The average Bonchev–Trinajstić information content (AvgIpc) is 3.30. The highest BCUT2D eigenvalue weighted by atomic mass is 32.2. The minimum absolute atomic E-state index is 0.525. The minimum Gasteiger partial charge on any atom is -0.122 e. The van der Waals surface area contributed by atoms with Crippen LogP contribution in [0.1, 0.15) is 50.7 Å². The molecule has 0 nitrogen and oxygen atoms in total. The van der Waals surface area contributed by atoms with E-state index in [1.165, 1.54) is 51.0 Å². The predicted molar refractivity (Wildman–Crippen MR) is 114 cm³/mol. The van der Waals surface area contributed by atoms with Crippen molar-refractivity contribution >= 4 is 17.8 Å². The summed E-state index contributed by atoms with van der Waals surface area (Å²) in [6.45, 7) is 6.89. The summed E-state index contributed by atoms with van der Waals surface area (Å²) in [5.74, 6) is 0.578. The van der Waals surface area contributed by atoms with Crippen LogP contribution in [0.2, 0.25) is 0 Å². The first kappa shape index (κ1) is 16.2. The molecule has 0 bridgehead atoms. The van der Waals surface area contributed by atoms with Gasteiger partial charge in [0.25, 0.3) is 0 Å². The summed E-state index contributed by atoms with van der Waals surface area (Å²) < 4.78 is 0. The summed E-state index contributed by atoms with van der Waals surface area (Å²) in [4.78, 5) is 0. The van der Waals surface area contributed by atoms with E-state index >= 15 is 0 Å². The van der Waals surface area contributed by atoms with Crippen LogP contribution in [0.5, 0.6) is 0 Å². The van der Waals surface area contributed by atoms with Crippen molar-refractivity contribution in [3.8, 4) is 0 Å². The summed E-state index contributed by atoms with van der Waals surface area (Å²) in [6.07, 6.45) is 12.0. The summed E-state index contributed by atoms with van der Waals surface area (Å²) in [5, 5.41) is 2.78. The first-order valence-electron chi connectivity index (χ1n) is 9.58. The molecule has 0 amide bonds. The second-order valence-electron chi connectivity index (χ2n) is 7.85. The first-order chi connectivity index (χ1) is 12.6. The molecule has 0 radical (unpaired) electrons. The molecule has 1 aliphatic heterocycles. The van der Waals surface area contributed by atoms with E-state index in [0.717, 1.165) is 6.42 Å². The molecule has 1 heteroatoms. The molecule has 0 N–H and O–H groups in total. The maximum absolute atomic E-state index is 2.51. The molecule has 2 atom stereocenters. The van der Waals surface area contributed by atoms with Crippen molar-refractivity contribution < 1.29 is 0 Å². The number of fused-ring (bicyclic) bond motifs is 3. The second kappa shape index (κ2) is 6.03. The fourth-order valence-electron chi connectivity index (χ4n) is 4.95. The van der Waals surface area contributed by atoms with Crippen LogP contribution in [0.4, 0.5) is 0 Å². The number of thioether (sulfide) groups is 1. The van der Waals surface area contributed by atoms with Crippen molar-refractivity contribution in [2.45, 2.75) is 44.8 Å². The molecule has 1 heterocycles. The molecule has 1 aromatic carbocycles. The zero-order valence-corrected chi connectivity index (χ0v) is 16.5. The van der Waals surface area contributed by atoms with Gasteiger partial charge in [0.2, 0.25) is 0 Å². The van der Waals surface area contributed by atoms with Gasteiger partial charge in [0.05, 0.1) is 5.25 Å². The van der Waals surface area contributed by atoms with Crippen molar-refractivity contribution in [2.24, 2.45) is 0 Å². The van der Waals surface area contributed by atoms with Gasteiger partial charge < -0.3 is 0 Å². The first-order valence-corrected chi connectivity index (χ1v) is 10.5. The Morgan fingerprint density at radius 3 is 2.73 bits per heavy atom. The van der Waals surface area contributed by atoms with Crippen LogP contribution in [0.3, 0.4) is 0 Å². The third-order valence-corrected chi connectivity index (χ3v) is 7.35. The lowest BCUT2D eigenvalue weighted by atomic mass is 9.83. The standard InChI is InChI=1S/C25H24S/c1-15-12-18-6-4-5-7-22(18)19(15)8-9-20-16(2)13-23-17(3)21-10-11-26-25(21)14-24(20)23/h4-7,10-14,19,25H,8-9H2,1-3H3. The Kier molecular flexibility index (Phi) is 3.76. The Morgan fingerprint density at radius 1 is 1.00 bits per heavy atom. The molecule has 5 rings (SSSR count). The number of allylic oxidation sites excluding steroid dienone is 8. The van der Waals surface area contributed by atoms with Crippen molar-refractivity contribution in [2.75, 3.05) is 0 Å². The van der Waals surface area contributed by atoms with Crippen LogP contribution in [0.25, 0.3) is 6.08 Å². The van der Waals surface area contributed by atoms with Gasteiger partial charge in [-0.25, -0.2) is 0 Å². The van der Waals surface area contributed by atoms with Gasteiger partial charge >= 0.3 is 0 Å². The van der Waals surface area contributed by atoms with E-state index in [2.05, 4.69) is 74.7 Å². The molecule has 0 fully saturated rings. The van der Waals surface area contributed by atoms with Crippen LogP contribution < -0.4 is 0 Å². The highest BCUT2D eigenvalue weighted by Gasteiger charge is 2.31. The van der Waals surface area contributed by atoms with E-state index in [4.69, 9.17) is 0 Å². The van der Waals surface area contributed by atoms with Crippen molar-refractivity contribution in [1.29, 1.82) is 0 Å². The topological polar surface area (TPSA) is 0 Å². The minimum atomic E-state index is 0.525. The highest BCUT2D eigenvalue weighted by Crippen LogP contribution is 2.48. The Morgan fingerprint density at radius 2 is 1.85 bits per heavy atom. The van der Waals surface area contributed by atoms with Crippen molar-refractivity contribution in [3.63, 3.8) is 0 Å². The van der Waals surface area contributed by atoms with Crippen LogP contribution in [0, 0.1) is 0 Å². The molecular weight excluding hydrogens is 332 g/mol. The highest BCUT2D eigenvalue weighted by molar-refractivity contribution is 8.03. The third-order valence-electron chi connectivity index (χ3n) is 6.37. The Bertz CT molecular complexity index is 991. The lowest BCUT2D eigenvalue weighted by Crippen LogP contribution is -2.10. The number of hydrogen-bond acceptors (Lipinski definition) is 1. The van der Waals surface area contributed by atoms with Crippen LogP contribution in [-0.2, 0) is 0 Å². The number of rotatable bonds is 3. The Labute approximate surface area is 160 Å². The molecule has 0 spiro atoms. The largest absolute Gasteiger partial charge is 0.122 e. The fourth-order valence-corrected chi connectivity index (χ4v) is 5.96. The van der Waals surface area contributed by atoms with E-state index in [-0.39, 0.29) is 0 Å². The normalized spacial score (nSPS) is 25.9. The van der Waals surface area contributed by atoms with Crippen LogP contribution in [0.15, 0.2) is 86.9 Å². The van der Waals surface area contributed by atoms with E-state index in [0.29, 0.717) is 11.2 Å². The van der Waals surface area contributed by atoms with Gasteiger partial charge in [-0.3, -0.25) is 0 Å². The van der Waals surface area contributed by atoms with Gasteiger partial charge in [-0.1, -0.05) is 54.1 Å². The molecule has 0 saturated heterocycles. The van der Waals surface area contributed by atoms with Gasteiger partial charge in [0.1, 0.15) is 0 Å². The molecule has 26 heavy (non-hydrogen) atoms. The lowest BCUT2D eigenvalue weighted by Gasteiger charge is -2.23. The maximum Gasteiger partial charge on any atom is 0.0530 e. The molecule has 1 aromatic rings. The monoisotopic (exact) mass is 356 g/mol. The quantitative estimate of drug-likeness (QED) is 0.556. The molecule has 3 aliphatic carbocycles. The van der Waals surface area contributed by atoms with Gasteiger partial charge in [0, 0.05) is 5.92 Å². The zero-order valence-electron chi connectivity index (χ0n) is 15.7. The lowest BCUT2D eigenvalue weighted by molar-refractivity contribution is 0.712. The fraction of sp³-hybridized carbons (Fsp3) is 0.280.